The summed E-state index contributed by atoms with van der Waals surface area (Å²) in [6, 6.07) is 0. The summed E-state index contributed by atoms with van der Waals surface area (Å²) >= 11 is 0. The molecule has 4 heteroatoms. The monoisotopic (exact) mass is 440 g/mol. The minimum Gasteiger partial charge on any atom is -0.457 e. The molecule has 0 aliphatic rings. The molecule has 0 rings (SSSR count). The highest BCUT2D eigenvalue weighted by molar-refractivity contribution is 5.69. The largest absolute Gasteiger partial charge is 0.457 e. The average molecular weight is 441 g/mol. The van der Waals surface area contributed by atoms with Crippen molar-refractivity contribution < 1.29 is 19.4 Å². The van der Waals surface area contributed by atoms with Crippen molar-refractivity contribution in [1.29, 1.82) is 0 Å². The second-order valence-corrected chi connectivity index (χ2v) is 8.76. The van der Waals surface area contributed by atoms with Crippen LogP contribution in [0.2, 0.25) is 0 Å². The summed E-state index contributed by atoms with van der Waals surface area (Å²) in [6.45, 7) is 5.27. The van der Waals surface area contributed by atoms with E-state index in [1.165, 1.54) is 89.9 Å². The number of unbranched alkanes of at least 4 members (excludes halogenated alkanes) is 14. The maximum Gasteiger partial charge on any atom is 0.306 e. The number of aliphatic hydroxyl groups is 1. The van der Waals surface area contributed by atoms with E-state index in [2.05, 4.69) is 26.0 Å². The first-order valence-electron chi connectivity index (χ1n) is 13.3. The van der Waals surface area contributed by atoms with Crippen molar-refractivity contribution in [3.8, 4) is 0 Å². The molecule has 0 aromatic heterocycles. The first-order chi connectivity index (χ1) is 15.2. The Bertz CT molecular complexity index is 395. The van der Waals surface area contributed by atoms with Crippen molar-refractivity contribution in [2.45, 2.75) is 136 Å². The highest BCUT2D eigenvalue weighted by atomic mass is 16.6. The van der Waals surface area contributed by atoms with Crippen LogP contribution in [0.4, 0.5) is 0 Å². The van der Waals surface area contributed by atoms with E-state index in [0.29, 0.717) is 19.6 Å². The Balaban J connectivity index is 3.49. The van der Waals surface area contributed by atoms with Gasteiger partial charge in [-0.25, -0.2) is 0 Å². The second-order valence-electron chi connectivity index (χ2n) is 8.76. The zero-order valence-electron chi connectivity index (χ0n) is 20.8. The van der Waals surface area contributed by atoms with E-state index in [4.69, 9.17) is 9.47 Å². The molecule has 1 atom stereocenters. The van der Waals surface area contributed by atoms with E-state index < -0.39 is 6.10 Å². The van der Waals surface area contributed by atoms with Gasteiger partial charge in [-0.15, -0.1) is 0 Å². The van der Waals surface area contributed by atoms with Gasteiger partial charge in [-0.1, -0.05) is 103 Å². The van der Waals surface area contributed by atoms with E-state index in [1.807, 2.05) is 0 Å². The zero-order valence-corrected chi connectivity index (χ0v) is 20.8. The Kier molecular flexibility index (Phi) is 24.7. The van der Waals surface area contributed by atoms with Gasteiger partial charge in [0.15, 0.2) is 0 Å². The summed E-state index contributed by atoms with van der Waals surface area (Å²) in [4.78, 5) is 12.0. The van der Waals surface area contributed by atoms with Crippen LogP contribution < -0.4 is 0 Å². The molecule has 0 spiro atoms. The predicted octanol–water partition coefficient (Wildman–Crippen LogP) is 7.52. The highest BCUT2D eigenvalue weighted by Gasteiger charge is 2.13. The van der Waals surface area contributed by atoms with Crippen LogP contribution in [-0.2, 0) is 14.3 Å². The van der Waals surface area contributed by atoms with Crippen LogP contribution in [-0.4, -0.2) is 37.0 Å². The SMILES string of the molecule is CCCC/C=C\CCCCCCCC(=O)OC(CO)COCCCCCCCCCC. The number of aliphatic hydroxyl groups excluding tert-OH is 1. The van der Waals surface area contributed by atoms with Crippen molar-refractivity contribution in [2.75, 3.05) is 19.8 Å². The van der Waals surface area contributed by atoms with E-state index in [-0.39, 0.29) is 12.6 Å². The van der Waals surface area contributed by atoms with Crippen LogP contribution in [0.1, 0.15) is 129 Å². The molecule has 0 fully saturated rings. The van der Waals surface area contributed by atoms with E-state index >= 15 is 0 Å². The van der Waals surface area contributed by atoms with Crippen LogP contribution >= 0.6 is 0 Å². The Labute approximate surface area is 193 Å². The number of esters is 1. The zero-order chi connectivity index (χ0) is 22.8. The number of rotatable bonds is 24. The molecular formula is C27H52O4. The van der Waals surface area contributed by atoms with Gasteiger partial charge >= 0.3 is 5.97 Å². The van der Waals surface area contributed by atoms with Gasteiger partial charge in [0.1, 0.15) is 6.10 Å². The summed E-state index contributed by atoms with van der Waals surface area (Å²) in [5.41, 5.74) is 0. The van der Waals surface area contributed by atoms with E-state index in [1.54, 1.807) is 0 Å². The van der Waals surface area contributed by atoms with Gasteiger partial charge in [0.2, 0.25) is 0 Å². The molecular weight excluding hydrogens is 388 g/mol. The topological polar surface area (TPSA) is 55.8 Å². The van der Waals surface area contributed by atoms with Crippen LogP contribution in [0.3, 0.4) is 0 Å². The lowest BCUT2D eigenvalue weighted by molar-refractivity contribution is -0.154. The highest BCUT2D eigenvalue weighted by Crippen LogP contribution is 2.10. The van der Waals surface area contributed by atoms with E-state index in [9.17, 15) is 9.90 Å². The number of hydrogen-bond acceptors (Lipinski definition) is 4. The summed E-state index contributed by atoms with van der Waals surface area (Å²) in [6.07, 6.45) is 25.1. The number of allylic oxidation sites excluding steroid dienone is 2. The molecule has 0 saturated heterocycles. The summed E-state index contributed by atoms with van der Waals surface area (Å²) in [5.74, 6) is -0.214. The molecule has 0 heterocycles. The lowest BCUT2D eigenvalue weighted by Crippen LogP contribution is -2.27. The molecule has 0 radical (unpaired) electrons. The van der Waals surface area contributed by atoms with Gasteiger partial charge in [0.05, 0.1) is 13.2 Å². The minimum atomic E-state index is -0.527. The molecule has 0 bridgehead atoms. The fraction of sp³-hybridized carbons (Fsp3) is 0.889. The van der Waals surface area contributed by atoms with Crippen molar-refractivity contribution in [3.05, 3.63) is 12.2 Å². The maximum atomic E-state index is 12.0. The summed E-state index contributed by atoms with van der Waals surface area (Å²) in [5, 5.41) is 9.42. The Hall–Kier alpha value is -0.870. The molecule has 0 aromatic carbocycles. The third kappa shape index (κ3) is 23.6. The Morgan fingerprint density at radius 2 is 1.29 bits per heavy atom. The summed E-state index contributed by atoms with van der Waals surface area (Å²) < 4.78 is 11.0. The van der Waals surface area contributed by atoms with Crippen LogP contribution in [0, 0.1) is 0 Å². The van der Waals surface area contributed by atoms with Gasteiger partial charge in [-0.2, -0.15) is 0 Å². The molecule has 31 heavy (non-hydrogen) atoms. The van der Waals surface area contributed by atoms with Crippen molar-refractivity contribution in [3.63, 3.8) is 0 Å². The fourth-order valence-electron chi connectivity index (χ4n) is 3.54. The Morgan fingerprint density at radius 1 is 0.742 bits per heavy atom. The van der Waals surface area contributed by atoms with Gasteiger partial charge in [0, 0.05) is 13.0 Å². The third-order valence-electron chi connectivity index (χ3n) is 5.59. The molecule has 184 valence electrons. The smallest absolute Gasteiger partial charge is 0.306 e. The fourth-order valence-corrected chi connectivity index (χ4v) is 3.54. The van der Waals surface area contributed by atoms with Gasteiger partial charge in [-0.3, -0.25) is 4.79 Å². The average Bonchev–Trinajstić information content (AvgIpc) is 2.77. The number of ether oxygens (including phenoxy) is 2. The molecule has 0 aliphatic carbocycles. The van der Waals surface area contributed by atoms with Gasteiger partial charge < -0.3 is 14.6 Å². The number of carbonyl (C=O) groups is 1. The molecule has 1 unspecified atom stereocenters. The Morgan fingerprint density at radius 3 is 1.94 bits per heavy atom. The third-order valence-corrected chi connectivity index (χ3v) is 5.59. The minimum absolute atomic E-state index is 0.172. The van der Waals surface area contributed by atoms with Crippen LogP contribution in [0.25, 0.3) is 0 Å². The summed E-state index contributed by atoms with van der Waals surface area (Å²) in [7, 11) is 0. The lowest BCUT2D eigenvalue weighted by Gasteiger charge is -2.15. The van der Waals surface area contributed by atoms with Crippen molar-refractivity contribution >= 4 is 5.97 Å². The van der Waals surface area contributed by atoms with Gasteiger partial charge in [-0.05, 0) is 32.1 Å². The lowest BCUT2D eigenvalue weighted by atomic mass is 10.1. The number of carbonyl (C=O) groups excluding carboxylic acids is 1. The second kappa shape index (κ2) is 25.4. The normalized spacial score (nSPS) is 12.5. The van der Waals surface area contributed by atoms with Crippen molar-refractivity contribution in [2.24, 2.45) is 0 Å². The molecule has 1 N–H and O–H groups in total. The van der Waals surface area contributed by atoms with Crippen LogP contribution in [0.15, 0.2) is 12.2 Å². The first-order valence-corrected chi connectivity index (χ1v) is 13.3. The number of hydrogen-bond donors (Lipinski definition) is 1. The van der Waals surface area contributed by atoms with Crippen molar-refractivity contribution in [1.82, 2.24) is 0 Å². The van der Waals surface area contributed by atoms with Gasteiger partial charge in [0.25, 0.3) is 0 Å². The molecule has 0 aromatic rings. The molecule has 0 aliphatic heterocycles. The molecule has 0 amide bonds. The predicted molar refractivity (Wildman–Crippen MR) is 131 cm³/mol. The van der Waals surface area contributed by atoms with Crippen LogP contribution in [0.5, 0.6) is 0 Å². The van der Waals surface area contributed by atoms with E-state index in [0.717, 1.165) is 19.3 Å². The molecule has 0 saturated carbocycles. The molecule has 4 nitrogen and oxygen atoms in total. The standard InChI is InChI=1S/C27H52O4/c1-3-5-7-9-11-13-14-15-16-18-20-22-27(29)31-26(24-28)25-30-23-21-19-17-12-10-8-6-4-2/h9,11,26,28H,3-8,10,12-25H2,1-2H3/b11-9-. The maximum absolute atomic E-state index is 12.0. The quantitative estimate of drug-likeness (QED) is 0.0957. The first kappa shape index (κ1) is 30.1.